The topological polar surface area (TPSA) is 72.2 Å². The van der Waals surface area contributed by atoms with E-state index in [9.17, 15) is 9.59 Å². The molecule has 3 N–H and O–H groups in total. The molecule has 4 nitrogen and oxygen atoms in total. The lowest BCUT2D eigenvalue weighted by molar-refractivity contribution is -0.131. The Hall–Kier alpha value is -1.68. The summed E-state index contributed by atoms with van der Waals surface area (Å²) < 4.78 is 0. The monoisotopic (exact) mass is 346 g/mol. The van der Waals surface area contributed by atoms with Gasteiger partial charge in [0, 0.05) is 6.42 Å². The van der Waals surface area contributed by atoms with Gasteiger partial charge in [-0.1, -0.05) is 88.6 Å². The first kappa shape index (κ1) is 21.4. The van der Waals surface area contributed by atoms with Crippen LogP contribution in [0, 0.1) is 0 Å². The van der Waals surface area contributed by atoms with E-state index in [1.807, 2.05) is 30.3 Å². The van der Waals surface area contributed by atoms with E-state index in [4.69, 9.17) is 5.73 Å². The summed E-state index contributed by atoms with van der Waals surface area (Å²) in [4.78, 5) is 23.8. The summed E-state index contributed by atoms with van der Waals surface area (Å²) in [5, 5.41) is 2.42. The predicted molar refractivity (Wildman–Crippen MR) is 103 cm³/mol. The minimum absolute atomic E-state index is 0.212. The zero-order valence-corrected chi connectivity index (χ0v) is 15.6. The summed E-state index contributed by atoms with van der Waals surface area (Å²) in [7, 11) is 0. The van der Waals surface area contributed by atoms with Crippen molar-refractivity contribution < 1.29 is 9.59 Å². The maximum absolute atomic E-state index is 12.0. The van der Waals surface area contributed by atoms with Gasteiger partial charge in [0.15, 0.2) is 0 Å². The van der Waals surface area contributed by atoms with Gasteiger partial charge in [-0.2, -0.15) is 0 Å². The first-order chi connectivity index (χ1) is 12.1. The number of imide groups is 1. The number of benzene rings is 1. The van der Waals surface area contributed by atoms with Crippen LogP contribution in [0.5, 0.6) is 0 Å². The second-order valence-corrected chi connectivity index (χ2v) is 6.79. The molecule has 0 spiro atoms. The van der Waals surface area contributed by atoms with Crippen LogP contribution in [0.4, 0.5) is 0 Å². The van der Waals surface area contributed by atoms with Gasteiger partial charge in [0.1, 0.15) is 0 Å². The van der Waals surface area contributed by atoms with Crippen molar-refractivity contribution in [2.75, 3.05) is 0 Å². The Morgan fingerprint density at radius 2 is 1.48 bits per heavy atom. The fourth-order valence-electron chi connectivity index (χ4n) is 2.85. The van der Waals surface area contributed by atoms with Crippen LogP contribution in [0.1, 0.15) is 76.7 Å². The average Bonchev–Trinajstić information content (AvgIpc) is 2.61. The SMILES string of the molecule is CCCCCCCCCCCC(=O)NC(=O)[C@@H](N)Cc1ccccc1. The average molecular weight is 347 g/mol. The third-order valence-corrected chi connectivity index (χ3v) is 4.41. The van der Waals surface area contributed by atoms with Gasteiger partial charge in [0.05, 0.1) is 6.04 Å². The second kappa shape index (κ2) is 13.6. The Bertz CT molecular complexity index is 488. The molecule has 25 heavy (non-hydrogen) atoms. The molecule has 140 valence electrons. The Kier molecular flexibility index (Phi) is 11.6. The molecule has 0 bridgehead atoms. The zero-order valence-electron chi connectivity index (χ0n) is 15.6. The second-order valence-electron chi connectivity index (χ2n) is 6.79. The summed E-state index contributed by atoms with van der Waals surface area (Å²) in [5.74, 6) is -0.596. The summed E-state index contributed by atoms with van der Waals surface area (Å²) >= 11 is 0. The molecule has 0 aliphatic rings. The van der Waals surface area contributed by atoms with E-state index in [0.717, 1.165) is 18.4 Å². The van der Waals surface area contributed by atoms with Gasteiger partial charge in [-0.25, -0.2) is 0 Å². The molecule has 1 atom stereocenters. The Morgan fingerprint density at radius 3 is 2.08 bits per heavy atom. The fourth-order valence-corrected chi connectivity index (χ4v) is 2.85. The largest absolute Gasteiger partial charge is 0.320 e. The van der Waals surface area contributed by atoms with Crippen LogP contribution < -0.4 is 11.1 Å². The van der Waals surface area contributed by atoms with Gasteiger partial charge in [0.2, 0.25) is 11.8 Å². The summed E-state index contributed by atoms with van der Waals surface area (Å²) in [5.41, 5.74) is 6.87. The van der Waals surface area contributed by atoms with Crippen LogP contribution in [0.15, 0.2) is 30.3 Å². The molecule has 1 rings (SSSR count). The number of amides is 2. The molecule has 1 aromatic rings. The van der Waals surface area contributed by atoms with E-state index in [0.29, 0.717) is 12.8 Å². The van der Waals surface area contributed by atoms with E-state index in [-0.39, 0.29) is 11.8 Å². The minimum atomic E-state index is -0.686. The number of carbonyl (C=O) groups is 2. The van der Waals surface area contributed by atoms with Crippen molar-refractivity contribution in [2.24, 2.45) is 5.73 Å². The zero-order chi connectivity index (χ0) is 18.3. The molecule has 0 aromatic heterocycles. The number of hydrogen-bond acceptors (Lipinski definition) is 3. The van der Waals surface area contributed by atoms with Crippen molar-refractivity contribution in [2.45, 2.75) is 83.6 Å². The normalized spacial score (nSPS) is 11.9. The van der Waals surface area contributed by atoms with E-state index in [2.05, 4.69) is 12.2 Å². The number of hydrogen-bond donors (Lipinski definition) is 2. The van der Waals surface area contributed by atoms with Crippen molar-refractivity contribution >= 4 is 11.8 Å². The lowest BCUT2D eigenvalue weighted by Crippen LogP contribution is -2.44. The van der Waals surface area contributed by atoms with Crippen molar-refractivity contribution in [1.82, 2.24) is 5.32 Å². The highest BCUT2D eigenvalue weighted by Gasteiger charge is 2.16. The van der Waals surface area contributed by atoms with Crippen LogP contribution >= 0.6 is 0 Å². The molecule has 0 aliphatic heterocycles. The van der Waals surface area contributed by atoms with Crippen molar-refractivity contribution in [3.63, 3.8) is 0 Å². The number of rotatable bonds is 13. The molecule has 0 fully saturated rings. The Labute approximate surface area is 152 Å². The first-order valence-corrected chi connectivity index (χ1v) is 9.76. The van der Waals surface area contributed by atoms with Crippen molar-refractivity contribution in [1.29, 1.82) is 0 Å². The van der Waals surface area contributed by atoms with Crippen LogP contribution in [-0.2, 0) is 16.0 Å². The van der Waals surface area contributed by atoms with Crippen LogP contribution in [-0.4, -0.2) is 17.9 Å². The van der Waals surface area contributed by atoms with Gasteiger partial charge in [-0.15, -0.1) is 0 Å². The van der Waals surface area contributed by atoms with Crippen LogP contribution in [0.25, 0.3) is 0 Å². The molecule has 0 aliphatic carbocycles. The number of carbonyl (C=O) groups excluding carboxylic acids is 2. The molecule has 0 saturated heterocycles. The highest BCUT2D eigenvalue weighted by molar-refractivity contribution is 5.97. The van der Waals surface area contributed by atoms with Gasteiger partial charge >= 0.3 is 0 Å². The lowest BCUT2D eigenvalue weighted by Gasteiger charge is -2.11. The molecule has 0 heterocycles. The minimum Gasteiger partial charge on any atom is -0.320 e. The number of nitrogens with two attached hydrogens (primary N) is 1. The van der Waals surface area contributed by atoms with Gasteiger partial charge in [0.25, 0.3) is 0 Å². The molecule has 0 radical (unpaired) electrons. The number of nitrogens with one attached hydrogen (secondary N) is 1. The summed E-state index contributed by atoms with van der Waals surface area (Å²) in [6.07, 6.45) is 11.7. The van der Waals surface area contributed by atoms with E-state index < -0.39 is 6.04 Å². The van der Waals surface area contributed by atoms with E-state index in [1.54, 1.807) is 0 Å². The Balaban J connectivity index is 2.06. The van der Waals surface area contributed by atoms with Gasteiger partial charge in [-0.3, -0.25) is 14.9 Å². The highest BCUT2D eigenvalue weighted by Crippen LogP contribution is 2.10. The van der Waals surface area contributed by atoms with Crippen LogP contribution in [0.3, 0.4) is 0 Å². The molecule has 4 heteroatoms. The Morgan fingerprint density at radius 1 is 0.920 bits per heavy atom. The maximum Gasteiger partial charge on any atom is 0.243 e. The summed E-state index contributed by atoms with van der Waals surface area (Å²) in [6, 6.07) is 8.91. The molecule has 0 saturated carbocycles. The van der Waals surface area contributed by atoms with E-state index >= 15 is 0 Å². The highest BCUT2D eigenvalue weighted by atomic mass is 16.2. The molecular formula is C21H34N2O2. The predicted octanol–water partition coefficient (Wildman–Crippen LogP) is 4.12. The first-order valence-electron chi connectivity index (χ1n) is 9.76. The number of unbranched alkanes of at least 4 members (excludes halogenated alkanes) is 8. The molecule has 2 amide bonds. The standard InChI is InChI=1S/C21H34N2O2/c1-2-3-4-5-6-7-8-9-13-16-20(24)23-21(25)19(22)17-18-14-11-10-12-15-18/h10-12,14-15,19H,2-9,13,16-17,22H2,1H3,(H,23,24,25)/t19-/m0/s1. The molecule has 1 aromatic carbocycles. The fraction of sp³-hybridized carbons (Fsp3) is 0.619. The maximum atomic E-state index is 12.0. The quantitative estimate of drug-likeness (QED) is 0.528. The van der Waals surface area contributed by atoms with Crippen molar-refractivity contribution in [3.05, 3.63) is 35.9 Å². The van der Waals surface area contributed by atoms with Crippen LogP contribution in [0.2, 0.25) is 0 Å². The smallest absolute Gasteiger partial charge is 0.243 e. The van der Waals surface area contributed by atoms with E-state index in [1.165, 1.54) is 44.9 Å². The lowest BCUT2D eigenvalue weighted by atomic mass is 10.1. The summed E-state index contributed by atoms with van der Waals surface area (Å²) in [6.45, 7) is 2.23. The third kappa shape index (κ3) is 10.7. The van der Waals surface area contributed by atoms with Crippen molar-refractivity contribution in [3.8, 4) is 0 Å². The molecular weight excluding hydrogens is 312 g/mol. The third-order valence-electron chi connectivity index (χ3n) is 4.41. The van der Waals surface area contributed by atoms with Gasteiger partial charge < -0.3 is 5.73 Å². The molecule has 0 unspecified atom stereocenters. The van der Waals surface area contributed by atoms with Gasteiger partial charge in [-0.05, 0) is 18.4 Å².